The minimum absolute atomic E-state index is 0.209. The van der Waals surface area contributed by atoms with Gasteiger partial charge in [-0.25, -0.2) is 4.79 Å². The van der Waals surface area contributed by atoms with Crippen molar-refractivity contribution in [3.8, 4) is 0 Å². The van der Waals surface area contributed by atoms with Gasteiger partial charge >= 0.3 is 6.09 Å². The van der Waals surface area contributed by atoms with Gasteiger partial charge < -0.3 is 15.4 Å². The molecule has 160 valence electrons. The number of allylic oxidation sites excluding steroid dienone is 2. The second kappa shape index (κ2) is 8.39. The predicted molar refractivity (Wildman–Crippen MR) is 120 cm³/mol. The topological polar surface area (TPSA) is 58.8 Å². The molecule has 3 rings (SSSR count). The molecule has 0 spiro atoms. The summed E-state index contributed by atoms with van der Waals surface area (Å²) in [5.41, 5.74) is 11.0. The summed E-state index contributed by atoms with van der Waals surface area (Å²) in [6.45, 7) is 14.4. The van der Waals surface area contributed by atoms with E-state index >= 15 is 0 Å². The lowest BCUT2D eigenvalue weighted by molar-refractivity contribution is 0.0139. The Morgan fingerprint density at radius 1 is 1.17 bits per heavy atom. The normalized spacial score (nSPS) is 20.3. The monoisotopic (exact) mass is 399 g/mol. The molecule has 1 fully saturated rings. The first-order chi connectivity index (χ1) is 13.5. The largest absolute Gasteiger partial charge is 0.444 e. The number of nitrogen functional groups attached to an aromatic ring is 1. The first-order valence-electron chi connectivity index (χ1n) is 10.8. The van der Waals surface area contributed by atoms with Gasteiger partial charge in [-0.2, -0.15) is 0 Å². The highest BCUT2D eigenvalue weighted by Gasteiger charge is 2.26. The standard InChI is InChI=1S/C24H37N3O2/c1-23(2,3)29-22(28)27-14-12-26(13-15-27)17-18-6-7-21(25)20(16-18)19-8-10-24(4,5)11-9-19/h6-8,16H,9-15,17,25H2,1-5H3. The molecule has 0 saturated carbocycles. The maximum atomic E-state index is 12.2. The molecule has 1 aromatic rings. The zero-order valence-corrected chi connectivity index (χ0v) is 18.8. The molecule has 0 bridgehead atoms. The number of piperazine rings is 1. The fourth-order valence-corrected chi connectivity index (χ4v) is 3.97. The second-order valence-corrected chi connectivity index (χ2v) is 10.3. The van der Waals surface area contributed by atoms with E-state index in [1.54, 1.807) is 0 Å². The Morgan fingerprint density at radius 2 is 1.86 bits per heavy atom. The maximum absolute atomic E-state index is 12.2. The Labute approximate surface area is 175 Å². The quantitative estimate of drug-likeness (QED) is 0.733. The second-order valence-electron chi connectivity index (χ2n) is 10.3. The first kappa shape index (κ1) is 21.7. The summed E-state index contributed by atoms with van der Waals surface area (Å²) in [7, 11) is 0. The van der Waals surface area contributed by atoms with Crippen LogP contribution in [-0.2, 0) is 11.3 Å². The number of carbonyl (C=O) groups is 1. The minimum atomic E-state index is -0.447. The number of rotatable bonds is 3. The van der Waals surface area contributed by atoms with Gasteiger partial charge in [0.05, 0.1) is 0 Å². The van der Waals surface area contributed by atoms with Crippen LogP contribution in [0.2, 0.25) is 0 Å². The highest BCUT2D eigenvalue weighted by molar-refractivity contribution is 5.76. The lowest BCUT2D eigenvalue weighted by Crippen LogP contribution is -2.49. The van der Waals surface area contributed by atoms with E-state index in [0.717, 1.165) is 38.2 Å². The van der Waals surface area contributed by atoms with E-state index in [1.165, 1.54) is 23.1 Å². The summed E-state index contributed by atoms with van der Waals surface area (Å²) in [4.78, 5) is 16.5. The van der Waals surface area contributed by atoms with Crippen molar-refractivity contribution in [2.45, 2.75) is 66.0 Å². The molecule has 1 heterocycles. The first-order valence-corrected chi connectivity index (χ1v) is 10.8. The molecule has 5 nitrogen and oxygen atoms in total. The summed E-state index contributed by atoms with van der Waals surface area (Å²) in [5.74, 6) is 0. The van der Waals surface area contributed by atoms with E-state index in [9.17, 15) is 4.79 Å². The van der Waals surface area contributed by atoms with Crippen molar-refractivity contribution < 1.29 is 9.53 Å². The summed E-state index contributed by atoms with van der Waals surface area (Å²) in [5, 5.41) is 0. The number of carbonyl (C=O) groups excluding carboxylic acids is 1. The van der Waals surface area contributed by atoms with Gasteiger partial charge in [-0.05, 0) is 68.7 Å². The van der Waals surface area contributed by atoms with Gasteiger partial charge in [-0.1, -0.05) is 26.0 Å². The number of benzene rings is 1. The van der Waals surface area contributed by atoms with E-state index in [1.807, 2.05) is 31.7 Å². The Balaban J connectivity index is 1.59. The van der Waals surface area contributed by atoms with Crippen molar-refractivity contribution >= 4 is 17.4 Å². The van der Waals surface area contributed by atoms with Gasteiger partial charge in [0, 0.05) is 44.0 Å². The van der Waals surface area contributed by atoms with Gasteiger partial charge in [0.1, 0.15) is 5.60 Å². The third-order valence-electron chi connectivity index (χ3n) is 5.87. The van der Waals surface area contributed by atoms with Crippen LogP contribution in [0.1, 0.15) is 65.0 Å². The van der Waals surface area contributed by atoms with Crippen LogP contribution in [0.15, 0.2) is 24.3 Å². The SMILES string of the molecule is CC1(C)CC=C(c2cc(CN3CCN(C(=O)OC(C)(C)C)CC3)ccc2N)CC1. The molecule has 1 aliphatic carbocycles. The number of nitrogens with two attached hydrogens (primary N) is 1. The Hall–Kier alpha value is -2.01. The number of anilines is 1. The Kier molecular flexibility index (Phi) is 6.27. The smallest absolute Gasteiger partial charge is 0.410 e. The van der Waals surface area contributed by atoms with Gasteiger partial charge in [0.25, 0.3) is 0 Å². The summed E-state index contributed by atoms with van der Waals surface area (Å²) in [6.07, 6.45) is 5.57. The van der Waals surface area contributed by atoms with E-state index in [4.69, 9.17) is 10.5 Å². The average molecular weight is 400 g/mol. The van der Waals surface area contributed by atoms with Crippen LogP contribution in [0.5, 0.6) is 0 Å². The fraction of sp³-hybridized carbons (Fsp3) is 0.625. The molecule has 1 saturated heterocycles. The molecule has 0 atom stereocenters. The fourth-order valence-electron chi connectivity index (χ4n) is 3.97. The molecule has 1 aliphatic heterocycles. The molecule has 5 heteroatoms. The molecule has 2 N–H and O–H groups in total. The van der Waals surface area contributed by atoms with Crippen molar-refractivity contribution in [1.82, 2.24) is 9.80 Å². The molecule has 0 radical (unpaired) electrons. The molecule has 1 amide bonds. The highest BCUT2D eigenvalue weighted by atomic mass is 16.6. The third kappa shape index (κ3) is 5.99. The third-order valence-corrected chi connectivity index (χ3v) is 5.87. The zero-order valence-electron chi connectivity index (χ0n) is 18.8. The summed E-state index contributed by atoms with van der Waals surface area (Å²) < 4.78 is 5.49. The highest BCUT2D eigenvalue weighted by Crippen LogP contribution is 2.39. The van der Waals surface area contributed by atoms with Crippen LogP contribution < -0.4 is 5.73 Å². The zero-order chi connectivity index (χ0) is 21.2. The van der Waals surface area contributed by atoms with Crippen LogP contribution >= 0.6 is 0 Å². The van der Waals surface area contributed by atoms with Gasteiger partial charge in [0.15, 0.2) is 0 Å². The van der Waals surface area contributed by atoms with E-state index in [-0.39, 0.29) is 6.09 Å². The Morgan fingerprint density at radius 3 is 2.45 bits per heavy atom. The van der Waals surface area contributed by atoms with Crippen LogP contribution in [0.4, 0.5) is 10.5 Å². The molecule has 29 heavy (non-hydrogen) atoms. The van der Waals surface area contributed by atoms with Crippen molar-refractivity contribution in [1.29, 1.82) is 0 Å². The van der Waals surface area contributed by atoms with Crippen LogP contribution in [0.25, 0.3) is 5.57 Å². The van der Waals surface area contributed by atoms with Crippen molar-refractivity contribution in [2.75, 3.05) is 31.9 Å². The van der Waals surface area contributed by atoms with E-state index in [2.05, 4.69) is 37.0 Å². The maximum Gasteiger partial charge on any atom is 0.410 e. The van der Waals surface area contributed by atoms with Crippen LogP contribution in [-0.4, -0.2) is 47.7 Å². The predicted octanol–water partition coefficient (Wildman–Crippen LogP) is 4.92. The van der Waals surface area contributed by atoms with Crippen molar-refractivity contribution in [3.05, 3.63) is 35.4 Å². The van der Waals surface area contributed by atoms with Crippen LogP contribution in [0.3, 0.4) is 0 Å². The number of ether oxygens (including phenoxy) is 1. The van der Waals surface area contributed by atoms with Gasteiger partial charge in [0.2, 0.25) is 0 Å². The lowest BCUT2D eigenvalue weighted by Gasteiger charge is -2.35. The molecule has 2 aliphatic rings. The summed E-state index contributed by atoms with van der Waals surface area (Å²) in [6, 6.07) is 6.44. The molecule has 0 unspecified atom stereocenters. The minimum Gasteiger partial charge on any atom is -0.444 e. The number of nitrogens with zero attached hydrogens (tertiary/aromatic N) is 2. The van der Waals surface area contributed by atoms with Crippen molar-refractivity contribution in [3.63, 3.8) is 0 Å². The number of hydrogen-bond acceptors (Lipinski definition) is 4. The van der Waals surface area contributed by atoms with Crippen LogP contribution in [0, 0.1) is 5.41 Å². The van der Waals surface area contributed by atoms with Crippen molar-refractivity contribution in [2.24, 2.45) is 5.41 Å². The number of hydrogen-bond donors (Lipinski definition) is 1. The van der Waals surface area contributed by atoms with Gasteiger partial charge in [-0.3, -0.25) is 4.90 Å². The van der Waals surface area contributed by atoms with E-state index in [0.29, 0.717) is 18.5 Å². The molecule has 1 aromatic carbocycles. The van der Waals surface area contributed by atoms with Gasteiger partial charge in [-0.15, -0.1) is 0 Å². The Bertz CT molecular complexity index is 769. The summed E-state index contributed by atoms with van der Waals surface area (Å²) >= 11 is 0. The number of amides is 1. The molecular weight excluding hydrogens is 362 g/mol. The molecule has 0 aromatic heterocycles. The lowest BCUT2D eigenvalue weighted by atomic mass is 9.77. The van der Waals surface area contributed by atoms with E-state index < -0.39 is 5.60 Å². The molecular formula is C24H37N3O2. The average Bonchev–Trinajstić information content (AvgIpc) is 2.63.